The van der Waals surface area contributed by atoms with Crippen LogP contribution in [0.3, 0.4) is 0 Å². The van der Waals surface area contributed by atoms with E-state index in [9.17, 15) is 0 Å². The van der Waals surface area contributed by atoms with Gasteiger partial charge in [0.05, 0.1) is 0 Å². The van der Waals surface area contributed by atoms with Crippen LogP contribution in [0.25, 0.3) is 0 Å². The number of hydrogen-bond acceptors (Lipinski definition) is 3. The van der Waals surface area contributed by atoms with E-state index in [0.717, 1.165) is 16.9 Å². The third kappa shape index (κ3) is 3.09. The van der Waals surface area contributed by atoms with E-state index in [1.165, 1.54) is 0 Å². The first kappa shape index (κ1) is 13.9. The second-order valence-electron chi connectivity index (χ2n) is 4.63. The maximum atomic E-state index is 8.71. The first-order valence-corrected chi connectivity index (χ1v) is 6.42. The van der Waals surface area contributed by atoms with Gasteiger partial charge in [-0.25, -0.2) is 0 Å². The molecule has 2 aromatic rings. The lowest BCUT2D eigenvalue weighted by Gasteiger charge is -2.16. The molecule has 2 rings (SSSR count). The van der Waals surface area contributed by atoms with Gasteiger partial charge in [0, 0.05) is 5.56 Å². The van der Waals surface area contributed by atoms with Gasteiger partial charge >= 0.3 is 0 Å². The molecule has 4 heteroatoms. The Bertz CT molecular complexity index is 609. The molecule has 0 spiro atoms. The molecule has 0 aliphatic heterocycles. The maximum absolute atomic E-state index is 8.71. The van der Waals surface area contributed by atoms with E-state index >= 15 is 0 Å². The Balaban J connectivity index is 2.17. The smallest absolute Gasteiger partial charge is 0.170 e. The van der Waals surface area contributed by atoms with Crippen LogP contribution >= 0.6 is 0 Å². The van der Waals surface area contributed by atoms with E-state index in [4.69, 9.17) is 15.7 Å². The van der Waals surface area contributed by atoms with E-state index in [-0.39, 0.29) is 11.9 Å². The zero-order chi connectivity index (χ0) is 14.5. The normalized spacial score (nSPS) is 13.0. The van der Waals surface area contributed by atoms with Crippen LogP contribution in [-0.4, -0.2) is 11.0 Å². The van der Waals surface area contributed by atoms with Crippen molar-refractivity contribution in [3.05, 3.63) is 65.2 Å². The zero-order valence-corrected chi connectivity index (χ0v) is 11.6. The molecule has 1 atom stereocenters. The first-order valence-electron chi connectivity index (χ1n) is 6.42. The van der Waals surface area contributed by atoms with Gasteiger partial charge in [-0.15, -0.1) is 0 Å². The Morgan fingerprint density at radius 2 is 1.90 bits per heavy atom. The van der Waals surface area contributed by atoms with Crippen LogP contribution in [0.4, 0.5) is 0 Å². The van der Waals surface area contributed by atoms with Crippen LogP contribution in [0.5, 0.6) is 5.75 Å². The quantitative estimate of drug-likeness (QED) is 0.388. The Hall–Kier alpha value is -2.49. The molecule has 0 heterocycles. The fourth-order valence-electron chi connectivity index (χ4n) is 2.05. The summed E-state index contributed by atoms with van der Waals surface area (Å²) in [7, 11) is 0. The summed E-state index contributed by atoms with van der Waals surface area (Å²) in [5.74, 6) is 0.860. The number of aryl methyl sites for hydroxylation is 1. The number of benzene rings is 2. The minimum Gasteiger partial charge on any atom is -0.486 e. The monoisotopic (exact) mass is 270 g/mol. The summed E-state index contributed by atoms with van der Waals surface area (Å²) < 4.78 is 5.91. The molecule has 0 aliphatic rings. The van der Waals surface area contributed by atoms with Gasteiger partial charge in [0.2, 0.25) is 0 Å². The maximum Gasteiger partial charge on any atom is 0.170 e. The standard InChI is InChI=1S/C16H18N2O2/c1-11-10-14(8-9-15(11)16(17)18-19)20-12(2)13-6-4-3-5-7-13/h3-10,12,19H,1-2H3,(H2,17,18). The Morgan fingerprint density at radius 1 is 1.20 bits per heavy atom. The van der Waals surface area contributed by atoms with E-state index in [1.54, 1.807) is 6.07 Å². The van der Waals surface area contributed by atoms with Crippen molar-refractivity contribution in [3.8, 4) is 5.75 Å². The summed E-state index contributed by atoms with van der Waals surface area (Å²) in [5, 5.41) is 11.7. The van der Waals surface area contributed by atoms with Crippen molar-refractivity contribution in [3.63, 3.8) is 0 Å². The first-order chi connectivity index (χ1) is 9.61. The van der Waals surface area contributed by atoms with Gasteiger partial charge in [-0.05, 0) is 43.2 Å². The van der Waals surface area contributed by atoms with Crippen LogP contribution in [0.2, 0.25) is 0 Å². The SMILES string of the molecule is Cc1cc(OC(C)c2ccccc2)ccc1/C(N)=N/O. The van der Waals surface area contributed by atoms with Crippen molar-refractivity contribution in [2.75, 3.05) is 0 Å². The van der Waals surface area contributed by atoms with E-state index in [2.05, 4.69) is 5.16 Å². The molecule has 0 aromatic heterocycles. The molecule has 0 fully saturated rings. The van der Waals surface area contributed by atoms with Gasteiger partial charge in [0.15, 0.2) is 5.84 Å². The fourth-order valence-corrected chi connectivity index (χ4v) is 2.05. The molecule has 104 valence electrons. The topological polar surface area (TPSA) is 67.8 Å². The van der Waals surface area contributed by atoms with Gasteiger partial charge in [-0.3, -0.25) is 0 Å². The summed E-state index contributed by atoms with van der Waals surface area (Å²) in [6.45, 7) is 3.90. The number of hydrogen-bond donors (Lipinski definition) is 2. The Labute approximate surface area is 118 Å². The van der Waals surface area contributed by atoms with E-state index < -0.39 is 0 Å². The van der Waals surface area contributed by atoms with Crippen LogP contribution < -0.4 is 10.5 Å². The van der Waals surface area contributed by atoms with Crippen molar-refractivity contribution in [1.29, 1.82) is 0 Å². The largest absolute Gasteiger partial charge is 0.486 e. The summed E-state index contributed by atoms with van der Waals surface area (Å²) in [6.07, 6.45) is -0.0368. The Kier molecular flexibility index (Phi) is 4.25. The third-order valence-electron chi connectivity index (χ3n) is 3.16. The lowest BCUT2D eigenvalue weighted by molar-refractivity contribution is 0.227. The van der Waals surface area contributed by atoms with Crippen molar-refractivity contribution >= 4 is 5.84 Å². The van der Waals surface area contributed by atoms with Crippen LogP contribution in [0, 0.1) is 6.92 Å². The van der Waals surface area contributed by atoms with Crippen molar-refractivity contribution in [2.24, 2.45) is 10.9 Å². The van der Waals surface area contributed by atoms with Gasteiger partial charge in [0.25, 0.3) is 0 Å². The predicted octanol–water partition coefficient (Wildman–Crippen LogP) is 3.23. The number of amidine groups is 1. The lowest BCUT2D eigenvalue weighted by Crippen LogP contribution is -2.14. The molecule has 4 nitrogen and oxygen atoms in total. The molecule has 1 unspecified atom stereocenters. The summed E-state index contributed by atoms with van der Waals surface area (Å²) in [6, 6.07) is 15.5. The van der Waals surface area contributed by atoms with Crippen molar-refractivity contribution in [1.82, 2.24) is 0 Å². The second kappa shape index (κ2) is 6.10. The van der Waals surface area contributed by atoms with Gasteiger partial charge < -0.3 is 15.7 Å². The molecule has 0 saturated heterocycles. The molecule has 0 saturated carbocycles. The summed E-state index contributed by atoms with van der Waals surface area (Å²) in [5.41, 5.74) is 8.32. The van der Waals surface area contributed by atoms with Crippen molar-refractivity contribution in [2.45, 2.75) is 20.0 Å². The summed E-state index contributed by atoms with van der Waals surface area (Å²) in [4.78, 5) is 0. The number of oxime groups is 1. The average molecular weight is 270 g/mol. The van der Waals surface area contributed by atoms with E-state index in [1.807, 2.05) is 56.3 Å². The molecular weight excluding hydrogens is 252 g/mol. The number of nitrogens with zero attached hydrogens (tertiary/aromatic N) is 1. The predicted molar refractivity (Wildman–Crippen MR) is 79.2 cm³/mol. The second-order valence-corrected chi connectivity index (χ2v) is 4.63. The molecule has 3 N–H and O–H groups in total. The Morgan fingerprint density at radius 3 is 2.50 bits per heavy atom. The fraction of sp³-hybridized carbons (Fsp3) is 0.188. The molecular formula is C16H18N2O2. The third-order valence-corrected chi connectivity index (χ3v) is 3.16. The number of ether oxygens (including phenoxy) is 1. The molecule has 20 heavy (non-hydrogen) atoms. The lowest BCUT2D eigenvalue weighted by atomic mass is 10.1. The highest BCUT2D eigenvalue weighted by Gasteiger charge is 2.09. The minimum absolute atomic E-state index is 0.0368. The molecule has 2 aromatic carbocycles. The van der Waals surface area contributed by atoms with Gasteiger partial charge in [-0.2, -0.15) is 0 Å². The zero-order valence-electron chi connectivity index (χ0n) is 11.6. The highest BCUT2D eigenvalue weighted by Crippen LogP contribution is 2.23. The van der Waals surface area contributed by atoms with Crippen LogP contribution in [0.15, 0.2) is 53.7 Å². The number of rotatable bonds is 4. The van der Waals surface area contributed by atoms with Crippen LogP contribution in [0.1, 0.15) is 29.7 Å². The average Bonchev–Trinajstić information content (AvgIpc) is 2.47. The number of nitrogens with two attached hydrogens (primary N) is 1. The highest BCUT2D eigenvalue weighted by atomic mass is 16.5. The summed E-state index contributed by atoms with van der Waals surface area (Å²) >= 11 is 0. The molecule has 0 amide bonds. The van der Waals surface area contributed by atoms with Gasteiger partial charge in [0.1, 0.15) is 11.9 Å². The molecule has 0 radical (unpaired) electrons. The minimum atomic E-state index is -0.0368. The van der Waals surface area contributed by atoms with E-state index in [0.29, 0.717) is 5.56 Å². The van der Waals surface area contributed by atoms with Crippen molar-refractivity contribution < 1.29 is 9.94 Å². The highest BCUT2D eigenvalue weighted by molar-refractivity contribution is 5.98. The van der Waals surface area contributed by atoms with Gasteiger partial charge in [-0.1, -0.05) is 35.5 Å². The molecule has 0 bridgehead atoms. The van der Waals surface area contributed by atoms with Crippen LogP contribution in [-0.2, 0) is 0 Å². The molecule has 0 aliphatic carbocycles.